The Balaban J connectivity index is 2.24. The summed E-state index contributed by atoms with van der Waals surface area (Å²) in [6, 6.07) is -0.424. The minimum absolute atomic E-state index is 0.0544. The molecular formula is C13H14F5NO. The third-order valence-electron chi connectivity index (χ3n) is 3.55. The second kappa shape index (κ2) is 5.95. The smallest absolute Gasteiger partial charge is 0.200 e. The summed E-state index contributed by atoms with van der Waals surface area (Å²) >= 11 is 0. The lowest BCUT2D eigenvalue weighted by Gasteiger charge is -2.29. The molecule has 1 unspecified atom stereocenters. The van der Waals surface area contributed by atoms with E-state index in [0.29, 0.717) is 26.1 Å². The number of ether oxygens (including phenoxy) is 1. The van der Waals surface area contributed by atoms with Gasteiger partial charge in [-0.3, -0.25) is 0 Å². The maximum Gasteiger partial charge on any atom is 0.200 e. The number of hydrogen-bond acceptors (Lipinski definition) is 2. The molecule has 20 heavy (non-hydrogen) atoms. The van der Waals surface area contributed by atoms with E-state index in [2.05, 4.69) is 5.32 Å². The van der Waals surface area contributed by atoms with Gasteiger partial charge in [0.25, 0.3) is 0 Å². The van der Waals surface area contributed by atoms with Gasteiger partial charge in [0.1, 0.15) is 5.69 Å². The van der Waals surface area contributed by atoms with Crippen molar-refractivity contribution in [1.29, 1.82) is 0 Å². The van der Waals surface area contributed by atoms with Crippen LogP contribution in [0.3, 0.4) is 0 Å². The summed E-state index contributed by atoms with van der Waals surface area (Å²) in [4.78, 5) is 0. The van der Waals surface area contributed by atoms with E-state index >= 15 is 0 Å². The summed E-state index contributed by atoms with van der Waals surface area (Å²) in [6.07, 6.45) is 1.34. The predicted molar refractivity (Wildman–Crippen MR) is 62.9 cm³/mol. The molecule has 7 heteroatoms. The van der Waals surface area contributed by atoms with Crippen molar-refractivity contribution in [3.8, 4) is 0 Å². The highest BCUT2D eigenvalue weighted by Gasteiger charge is 2.28. The molecule has 0 spiro atoms. The van der Waals surface area contributed by atoms with Gasteiger partial charge in [-0.2, -0.15) is 0 Å². The molecule has 1 fully saturated rings. The van der Waals surface area contributed by atoms with E-state index in [1.807, 2.05) is 0 Å². The third-order valence-corrected chi connectivity index (χ3v) is 3.55. The first-order valence-electron chi connectivity index (χ1n) is 6.29. The average Bonchev–Trinajstić information content (AvgIpc) is 2.48. The van der Waals surface area contributed by atoms with E-state index in [-0.39, 0.29) is 5.92 Å². The first-order chi connectivity index (χ1) is 9.43. The van der Waals surface area contributed by atoms with Crippen molar-refractivity contribution >= 4 is 5.69 Å². The molecular weight excluding hydrogens is 281 g/mol. The van der Waals surface area contributed by atoms with Gasteiger partial charge in [0.15, 0.2) is 23.3 Å². The van der Waals surface area contributed by atoms with E-state index < -0.39 is 40.8 Å². The van der Waals surface area contributed by atoms with Crippen LogP contribution in [0.5, 0.6) is 0 Å². The SMILES string of the molecule is CC(Nc1c(F)c(F)c(F)c(F)c1F)C1CCOCC1. The Morgan fingerprint density at radius 3 is 1.85 bits per heavy atom. The summed E-state index contributed by atoms with van der Waals surface area (Å²) in [6.45, 7) is 2.69. The monoisotopic (exact) mass is 295 g/mol. The van der Waals surface area contributed by atoms with Gasteiger partial charge in [-0.15, -0.1) is 0 Å². The van der Waals surface area contributed by atoms with Crippen molar-refractivity contribution in [3.05, 3.63) is 29.1 Å². The number of anilines is 1. The summed E-state index contributed by atoms with van der Waals surface area (Å²) < 4.78 is 71.3. The van der Waals surface area contributed by atoms with Crippen LogP contribution in [-0.2, 0) is 4.74 Å². The maximum atomic E-state index is 13.5. The third kappa shape index (κ3) is 2.72. The molecule has 0 aromatic heterocycles. The van der Waals surface area contributed by atoms with E-state index in [1.165, 1.54) is 0 Å². The molecule has 2 rings (SSSR count). The number of nitrogens with one attached hydrogen (secondary N) is 1. The van der Waals surface area contributed by atoms with Gasteiger partial charge in [-0.05, 0) is 25.7 Å². The van der Waals surface area contributed by atoms with Crippen LogP contribution in [0.4, 0.5) is 27.6 Å². The van der Waals surface area contributed by atoms with Crippen molar-refractivity contribution in [2.45, 2.75) is 25.8 Å². The van der Waals surface area contributed by atoms with E-state index in [1.54, 1.807) is 6.92 Å². The topological polar surface area (TPSA) is 21.3 Å². The highest BCUT2D eigenvalue weighted by atomic mass is 19.2. The van der Waals surface area contributed by atoms with Crippen molar-refractivity contribution in [1.82, 2.24) is 0 Å². The summed E-state index contributed by atoms with van der Waals surface area (Å²) in [5.41, 5.74) is -0.972. The molecule has 0 bridgehead atoms. The van der Waals surface area contributed by atoms with Gasteiger partial charge in [0, 0.05) is 19.3 Å². The van der Waals surface area contributed by atoms with Crippen molar-refractivity contribution in [2.24, 2.45) is 5.92 Å². The molecule has 1 saturated heterocycles. The number of hydrogen-bond donors (Lipinski definition) is 1. The molecule has 112 valence electrons. The van der Waals surface area contributed by atoms with Crippen LogP contribution in [0.25, 0.3) is 0 Å². The van der Waals surface area contributed by atoms with E-state index in [0.717, 1.165) is 0 Å². The predicted octanol–water partition coefficient (Wildman–Crippen LogP) is 3.61. The Morgan fingerprint density at radius 2 is 1.35 bits per heavy atom. The fraction of sp³-hybridized carbons (Fsp3) is 0.538. The van der Waals surface area contributed by atoms with Crippen LogP contribution >= 0.6 is 0 Å². The molecule has 0 saturated carbocycles. The van der Waals surface area contributed by atoms with Crippen molar-refractivity contribution in [2.75, 3.05) is 18.5 Å². The van der Waals surface area contributed by atoms with Crippen LogP contribution in [0, 0.1) is 35.0 Å². The van der Waals surface area contributed by atoms with Gasteiger partial charge in [0.2, 0.25) is 5.82 Å². The Bertz CT molecular complexity index is 473. The summed E-state index contributed by atoms with van der Waals surface area (Å²) in [5, 5.41) is 2.40. The zero-order valence-electron chi connectivity index (χ0n) is 10.8. The first kappa shape index (κ1) is 15.0. The quantitative estimate of drug-likeness (QED) is 0.522. The minimum atomic E-state index is -2.15. The molecule has 0 amide bonds. The van der Waals surface area contributed by atoms with E-state index in [4.69, 9.17) is 4.74 Å². The average molecular weight is 295 g/mol. The Morgan fingerprint density at radius 1 is 0.900 bits per heavy atom. The van der Waals surface area contributed by atoms with Crippen molar-refractivity contribution < 1.29 is 26.7 Å². The largest absolute Gasteiger partial charge is 0.381 e. The Labute approximate surface area is 112 Å². The standard InChI is InChI=1S/C13H14F5NO/c1-6(7-2-4-20-5-3-7)19-13-11(17)9(15)8(14)10(16)12(13)18/h6-7,19H,2-5H2,1H3. The molecule has 1 N–H and O–H groups in total. The molecule has 1 aromatic carbocycles. The number of rotatable bonds is 3. The molecule has 1 aliphatic rings. The van der Waals surface area contributed by atoms with Gasteiger partial charge in [0.05, 0.1) is 0 Å². The van der Waals surface area contributed by atoms with Gasteiger partial charge >= 0.3 is 0 Å². The molecule has 1 aliphatic heterocycles. The maximum absolute atomic E-state index is 13.5. The lowest BCUT2D eigenvalue weighted by Crippen LogP contribution is -2.32. The fourth-order valence-electron chi connectivity index (χ4n) is 2.29. The lowest BCUT2D eigenvalue weighted by atomic mass is 9.92. The van der Waals surface area contributed by atoms with Crippen LogP contribution in [0.2, 0.25) is 0 Å². The molecule has 1 aromatic rings. The van der Waals surface area contributed by atoms with Crippen LogP contribution in [-0.4, -0.2) is 19.3 Å². The van der Waals surface area contributed by atoms with Crippen LogP contribution in [0.1, 0.15) is 19.8 Å². The zero-order chi connectivity index (χ0) is 14.9. The molecule has 1 atom stereocenters. The minimum Gasteiger partial charge on any atom is -0.381 e. The first-order valence-corrected chi connectivity index (χ1v) is 6.29. The molecule has 1 heterocycles. The molecule has 2 nitrogen and oxygen atoms in total. The molecule has 0 aliphatic carbocycles. The second-order valence-electron chi connectivity index (χ2n) is 4.83. The zero-order valence-corrected chi connectivity index (χ0v) is 10.8. The normalized spacial score (nSPS) is 18.1. The highest BCUT2D eigenvalue weighted by Crippen LogP contribution is 2.29. The number of benzene rings is 1. The van der Waals surface area contributed by atoms with Crippen molar-refractivity contribution in [3.63, 3.8) is 0 Å². The van der Waals surface area contributed by atoms with E-state index in [9.17, 15) is 22.0 Å². The van der Waals surface area contributed by atoms with Crippen LogP contribution < -0.4 is 5.32 Å². The second-order valence-corrected chi connectivity index (χ2v) is 4.83. The lowest BCUT2D eigenvalue weighted by molar-refractivity contribution is 0.0621. The Hall–Kier alpha value is -1.37. The number of halogens is 5. The Kier molecular flexibility index (Phi) is 4.47. The summed E-state index contributed by atoms with van der Waals surface area (Å²) in [5.74, 6) is -9.64. The fourth-order valence-corrected chi connectivity index (χ4v) is 2.29. The molecule has 0 radical (unpaired) electrons. The highest BCUT2D eigenvalue weighted by molar-refractivity contribution is 5.48. The summed E-state index contributed by atoms with van der Waals surface area (Å²) in [7, 11) is 0. The van der Waals surface area contributed by atoms with Gasteiger partial charge in [-0.1, -0.05) is 0 Å². The van der Waals surface area contributed by atoms with Crippen LogP contribution in [0.15, 0.2) is 0 Å². The van der Waals surface area contributed by atoms with Gasteiger partial charge in [-0.25, -0.2) is 22.0 Å². The van der Waals surface area contributed by atoms with Gasteiger partial charge < -0.3 is 10.1 Å².